The molecule has 0 aliphatic carbocycles. The Hall–Kier alpha value is -3.08. The highest BCUT2D eigenvalue weighted by Crippen LogP contribution is 2.26. The Bertz CT molecular complexity index is 938. The van der Waals surface area contributed by atoms with E-state index in [1.165, 1.54) is 11.1 Å². The van der Waals surface area contributed by atoms with Gasteiger partial charge in [0.15, 0.2) is 0 Å². The van der Waals surface area contributed by atoms with Gasteiger partial charge in [0.25, 0.3) is 0 Å². The lowest BCUT2D eigenvalue weighted by Gasteiger charge is -2.36. The van der Waals surface area contributed by atoms with E-state index in [2.05, 4.69) is 18.2 Å². The first-order valence-electron chi connectivity index (χ1n) is 10.6. The monoisotopic (exact) mass is 404 g/mol. The van der Waals surface area contributed by atoms with Crippen LogP contribution >= 0.6 is 0 Å². The molecule has 0 radical (unpaired) electrons. The lowest BCUT2D eigenvalue weighted by molar-refractivity contribution is -0.143. The molecule has 0 saturated carbocycles. The molecule has 2 aliphatic heterocycles. The van der Waals surface area contributed by atoms with Gasteiger partial charge in [0.1, 0.15) is 5.75 Å². The number of likely N-dealkylation sites (tertiary alicyclic amines) is 1. The molecule has 0 bridgehead atoms. The molecule has 4 rings (SSSR count). The van der Waals surface area contributed by atoms with E-state index in [1.807, 2.05) is 52.3 Å². The summed E-state index contributed by atoms with van der Waals surface area (Å²) in [6.45, 7) is 2.38. The fraction of sp³-hybridized carbons (Fsp3) is 0.360. The van der Waals surface area contributed by atoms with Crippen LogP contribution < -0.4 is 4.74 Å². The van der Waals surface area contributed by atoms with Gasteiger partial charge in [-0.2, -0.15) is 0 Å². The van der Waals surface area contributed by atoms with Crippen molar-refractivity contribution in [2.45, 2.75) is 25.8 Å². The van der Waals surface area contributed by atoms with Crippen molar-refractivity contribution in [1.82, 2.24) is 9.80 Å². The van der Waals surface area contributed by atoms with Gasteiger partial charge < -0.3 is 14.5 Å². The third-order valence-electron chi connectivity index (χ3n) is 6.02. The van der Waals surface area contributed by atoms with Crippen LogP contribution in [0.5, 0.6) is 5.75 Å². The summed E-state index contributed by atoms with van der Waals surface area (Å²) in [5.74, 6) is 0.937. The number of hydrogen-bond acceptors (Lipinski definition) is 3. The van der Waals surface area contributed by atoms with E-state index in [0.29, 0.717) is 32.5 Å². The Balaban J connectivity index is 1.38. The molecule has 1 unspecified atom stereocenters. The zero-order valence-corrected chi connectivity index (χ0v) is 17.4. The average molecular weight is 405 g/mol. The summed E-state index contributed by atoms with van der Waals surface area (Å²) in [4.78, 5) is 29.4. The van der Waals surface area contributed by atoms with Crippen molar-refractivity contribution in [3.05, 3.63) is 71.8 Å². The molecule has 1 saturated heterocycles. The molecule has 2 aliphatic rings. The van der Waals surface area contributed by atoms with Crippen LogP contribution in [0.25, 0.3) is 5.57 Å². The lowest BCUT2D eigenvalue weighted by Crippen LogP contribution is -2.47. The van der Waals surface area contributed by atoms with Gasteiger partial charge in [-0.3, -0.25) is 9.59 Å². The second-order valence-electron chi connectivity index (χ2n) is 7.99. The number of piperidine rings is 1. The molecular formula is C25H28N2O3. The van der Waals surface area contributed by atoms with Crippen LogP contribution in [0.2, 0.25) is 0 Å². The standard InChI is InChI=1S/C25H28N2O3/c1-30-23-9-5-6-19(16-23)17-27-18-22(10-11-24(27)28)25(29)26-14-12-21(13-15-26)20-7-3-2-4-8-20/h2-9,12,16,22H,10-11,13-15,17-18H2,1H3. The molecule has 0 aromatic heterocycles. The van der Waals surface area contributed by atoms with Crippen LogP contribution in [0.4, 0.5) is 0 Å². The number of methoxy groups -OCH3 is 1. The van der Waals surface area contributed by atoms with E-state index < -0.39 is 0 Å². The highest BCUT2D eigenvalue weighted by molar-refractivity contribution is 5.84. The first-order valence-corrected chi connectivity index (χ1v) is 10.6. The van der Waals surface area contributed by atoms with Crippen LogP contribution in [0.3, 0.4) is 0 Å². The third-order valence-corrected chi connectivity index (χ3v) is 6.02. The van der Waals surface area contributed by atoms with Crippen molar-refractivity contribution in [3.8, 4) is 5.75 Å². The maximum atomic E-state index is 13.1. The van der Waals surface area contributed by atoms with E-state index in [4.69, 9.17) is 4.74 Å². The first-order chi connectivity index (χ1) is 14.6. The molecule has 2 heterocycles. The third kappa shape index (κ3) is 4.56. The number of ether oxygens (including phenoxy) is 1. The first kappa shape index (κ1) is 20.2. The van der Waals surface area contributed by atoms with Crippen LogP contribution in [0, 0.1) is 5.92 Å². The molecule has 5 nitrogen and oxygen atoms in total. The number of carbonyl (C=O) groups excluding carboxylic acids is 2. The Morgan fingerprint density at radius 2 is 1.93 bits per heavy atom. The summed E-state index contributed by atoms with van der Waals surface area (Å²) < 4.78 is 5.28. The smallest absolute Gasteiger partial charge is 0.227 e. The summed E-state index contributed by atoms with van der Waals surface area (Å²) in [5, 5.41) is 0. The van der Waals surface area contributed by atoms with Gasteiger partial charge in [-0.1, -0.05) is 48.5 Å². The van der Waals surface area contributed by atoms with E-state index in [-0.39, 0.29) is 17.7 Å². The summed E-state index contributed by atoms with van der Waals surface area (Å²) >= 11 is 0. The van der Waals surface area contributed by atoms with Crippen LogP contribution in [0.1, 0.15) is 30.4 Å². The number of nitrogens with zero attached hydrogens (tertiary/aromatic N) is 2. The lowest BCUT2D eigenvalue weighted by atomic mass is 9.94. The topological polar surface area (TPSA) is 49.9 Å². The van der Waals surface area contributed by atoms with Gasteiger partial charge in [-0.05, 0) is 41.7 Å². The molecule has 30 heavy (non-hydrogen) atoms. The Kier molecular flexibility index (Phi) is 6.17. The quantitative estimate of drug-likeness (QED) is 0.763. The highest BCUT2D eigenvalue weighted by atomic mass is 16.5. The van der Waals surface area contributed by atoms with Crippen molar-refractivity contribution in [1.29, 1.82) is 0 Å². The largest absolute Gasteiger partial charge is 0.497 e. The van der Waals surface area contributed by atoms with E-state index in [1.54, 1.807) is 7.11 Å². The zero-order chi connectivity index (χ0) is 20.9. The molecule has 156 valence electrons. The van der Waals surface area contributed by atoms with Gasteiger partial charge in [0.2, 0.25) is 11.8 Å². The number of rotatable bonds is 5. The van der Waals surface area contributed by atoms with E-state index in [0.717, 1.165) is 24.3 Å². The van der Waals surface area contributed by atoms with Gasteiger partial charge in [-0.15, -0.1) is 0 Å². The second kappa shape index (κ2) is 9.16. The Morgan fingerprint density at radius 3 is 2.67 bits per heavy atom. The predicted octanol–water partition coefficient (Wildman–Crippen LogP) is 3.75. The minimum Gasteiger partial charge on any atom is -0.497 e. The number of benzene rings is 2. The Labute approximate surface area is 177 Å². The minimum atomic E-state index is -0.125. The molecule has 1 fully saturated rings. The maximum Gasteiger partial charge on any atom is 0.227 e. The molecule has 1 atom stereocenters. The highest BCUT2D eigenvalue weighted by Gasteiger charge is 2.33. The summed E-state index contributed by atoms with van der Waals surface area (Å²) in [6.07, 6.45) is 4.10. The maximum absolute atomic E-state index is 13.1. The van der Waals surface area contributed by atoms with E-state index in [9.17, 15) is 9.59 Å². The van der Waals surface area contributed by atoms with Crippen molar-refractivity contribution in [2.75, 3.05) is 26.7 Å². The zero-order valence-electron chi connectivity index (χ0n) is 17.4. The normalized spacial score (nSPS) is 19.4. The summed E-state index contributed by atoms with van der Waals surface area (Å²) in [6, 6.07) is 18.1. The van der Waals surface area contributed by atoms with Gasteiger partial charge >= 0.3 is 0 Å². The summed E-state index contributed by atoms with van der Waals surface area (Å²) in [7, 11) is 1.64. The van der Waals surface area contributed by atoms with Crippen molar-refractivity contribution in [2.24, 2.45) is 5.92 Å². The molecular weight excluding hydrogens is 376 g/mol. The molecule has 2 amide bonds. The fourth-order valence-corrected chi connectivity index (χ4v) is 4.30. The molecule has 2 aromatic rings. The number of amides is 2. The van der Waals surface area contributed by atoms with E-state index >= 15 is 0 Å². The number of hydrogen-bond donors (Lipinski definition) is 0. The second-order valence-corrected chi connectivity index (χ2v) is 7.99. The van der Waals surface area contributed by atoms with Crippen molar-refractivity contribution in [3.63, 3.8) is 0 Å². The molecule has 2 aromatic carbocycles. The number of carbonyl (C=O) groups is 2. The van der Waals surface area contributed by atoms with Crippen molar-refractivity contribution >= 4 is 17.4 Å². The Morgan fingerprint density at radius 1 is 1.10 bits per heavy atom. The van der Waals surface area contributed by atoms with Crippen molar-refractivity contribution < 1.29 is 14.3 Å². The van der Waals surface area contributed by atoms with Gasteiger partial charge in [0.05, 0.1) is 13.0 Å². The minimum absolute atomic E-state index is 0.117. The SMILES string of the molecule is COc1cccc(CN2CC(C(=O)N3CC=C(c4ccccc4)CC3)CCC2=O)c1. The average Bonchev–Trinajstić information content (AvgIpc) is 2.81. The molecule has 5 heteroatoms. The predicted molar refractivity (Wildman–Crippen MR) is 117 cm³/mol. The van der Waals surface area contributed by atoms with Gasteiger partial charge in [-0.25, -0.2) is 0 Å². The fourth-order valence-electron chi connectivity index (χ4n) is 4.30. The van der Waals surface area contributed by atoms with Crippen LogP contribution in [-0.2, 0) is 16.1 Å². The molecule has 0 N–H and O–H groups in total. The molecule has 0 spiro atoms. The van der Waals surface area contributed by atoms with Crippen LogP contribution in [-0.4, -0.2) is 48.4 Å². The van der Waals surface area contributed by atoms with Gasteiger partial charge in [0, 0.05) is 32.6 Å². The van der Waals surface area contributed by atoms with Crippen LogP contribution in [0.15, 0.2) is 60.7 Å². The summed E-state index contributed by atoms with van der Waals surface area (Å²) in [5.41, 5.74) is 3.56.